The number of benzene rings is 1. The van der Waals surface area contributed by atoms with E-state index in [1.165, 1.54) is 13.8 Å². The number of amides is 3. The number of hydrogen-bond acceptors (Lipinski definition) is 6. The molecule has 0 spiro atoms. The van der Waals surface area contributed by atoms with Crippen molar-refractivity contribution in [3.05, 3.63) is 30.2 Å². The molecule has 0 unspecified atom stereocenters. The molecular weight excluding hydrogens is 350 g/mol. The van der Waals surface area contributed by atoms with Crippen LogP contribution in [0.4, 0.5) is 0 Å². The highest BCUT2D eigenvalue weighted by molar-refractivity contribution is 6.40. The molecule has 27 heavy (non-hydrogen) atoms. The molecule has 3 amide bonds. The first-order chi connectivity index (χ1) is 12.7. The van der Waals surface area contributed by atoms with Crippen molar-refractivity contribution >= 4 is 34.5 Å². The number of oxazole rings is 1. The fourth-order valence-electron chi connectivity index (χ4n) is 2.22. The van der Waals surface area contributed by atoms with Crippen molar-refractivity contribution in [2.75, 3.05) is 6.54 Å². The van der Waals surface area contributed by atoms with E-state index >= 15 is 0 Å². The maximum Gasteiger partial charge on any atom is 0.266 e. The number of hydrogen-bond donors (Lipinski definition) is 3. The SMILES string of the molecule is CC(C)(NC(=O)C(CCCN)=NC(=O)Cc1nc2ccccc2o1)C(N)=O. The molecule has 1 aromatic heterocycles. The van der Waals surface area contributed by atoms with Gasteiger partial charge in [0.2, 0.25) is 11.8 Å². The number of nitrogens with two attached hydrogens (primary N) is 2. The molecule has 0 fully saturated rings. The van der Waals surface area contributed by atoms with Crippen molar-refractivity contribution in [3.63, 3.8) is 0 Å². The Morgan fingerprint density at radius 1 is 1.26 bits per heavy atom. The van der Waals surface area contributed by atoms with Crippen LogP contribution in [0.3, 0.4) is 0 Å². The zero-order valence-electron chi connectivity index (χ0n) is 15.3. The summed E-state index contributed by atoms with van der Waals surface area (Å²) in [6, 6.07) is 7.12. The zero-order valence-corrected chi connectivity index (χ0v) is 15.3. The Balaban J connectivity index is 2.15. The molecule has 9 nitrogen and oxygen atoms in total. The van der Waals surface area contributed by atoms with E-state index in [1.54, 1.807) is 18.2 Å². The van der Waals surface area contributed by atoms with Crippen molar-refractivity contribution in [2.45, 2.75) is 38.6 Å². The van der Waals surface area contributed by atoms with Crippen molar-refractivity contribution in [1.82, 2.24) is 10.3 Å². The first-order valence-electron chi connectivity index (χ1n) is 8.50. The van der Waals surface area contributed by atoms with Gasteiger partial charge in [0.15, 0.2) is 5.58 Å². The van der Waals surface area contributed by atoms with E-state index in [1.807, 2.05) is 6.07 Å². The van der Waals surface area contributed by atoms with Crippen molar-refractivity contribution < 1.29 is 18.8 Å². The van der Waals surface area contributed by atoms with Crippen LogP contribution in [0.5, 0.6) is 0 Å². The molecule has 2 rings (SSSR count). The minimum absolute atomic E-state index is 0.0177. The van der Waals surface area contributed by atoms with Crippen LogP contribution in [0.1, 0.15) is 32.6 Å². The highest BCUT2D eigenvalue weighted by atomic mass is 16.3. The summed E-state index contributed by atoms with van der Waals surface area (Å²) in [5, 5.41) is 2.48. The molecule has 0 saturated carbocycles. The van der Waals surface area contributed by atoms with E-state index in [9.17, 15) is 14.4 Å². The van der Waals surface area contributed by atoms with Gasteiger partial charge >= 0.3 is 0 Å². The molecule has 0 bridgehead atoms. The molecule has 0 saturated heterocycles. The summed E-state index contributed by atoms with van der Waals surface area (Å²) in [6.07, 6.45) is 0.462. The highest BCUT2D eigenvalue weighted by Crippen LogP contribution is 2.15. The summed E-state index contributed by atoms with van der Waals surface area (Å²) >= 11 is 0. The van der Waals surface area contributed by atoms with Gasteiger partial charge in [-0.05, 0) is 45.4 Å². The van der Waals surface area contributed by atoms with E-state index < -0.39 is 23.3 Å². The number of primary amides is 1. The van der Waals surface area contributed by atoms with Crippen LogP contribution < -0.4 is 16.8 Å². The van der Waals surface area contributed by atoms with Crippen LogP contribution in [-0.4, -0.2) is 40.5 Å². The predicted molar refractivity (Wildman–Crippen MR) is 99.9 cm³/mol. The molecule has 2 aromatic rings. The highest BCUT2D eigenvalue weighted by Gasteiger charge is 2.29. The molecule has 0 aliphatic carbocycles. The number of aliphatic imine (C=N–C) groups is 1. The largest absolute Gasteiger partial charge is 0.440 e. The molecule has 1 heterocycles. The van der Waals surface area contributed by atoms with Gasteiger partial charge in [-0.25, -0.2) is 9.98 Å². The number of carbonyl (C=O) groups is 3. The van der Waals surface area contributed by atoms with E-state index in [4.69, 9.17) is 15.9 Å². The normalized spacial score (nSPS) is 12.2. The van der Waals surface area contributed by atoms with Gasteiger partial charge in [0.05, 0.1) is 0 Å². The summed E-state index contributed by atoms with van der Waals surface area (Å²) in [5.74, 6) is -1.72. The second-order valence-corrected chi connectivity index (χ2v) is 6.54. The zero-order chi connectivity index (χ0) is 20.0. The molecule has 0 radical (unpaired) electrons. The molecule has 9 heteroatoms. The fraction of sp³-hybridized carbons (Fsp3) is 0.389. The Morgan fingerprint density at radius 2 is 1.96 bits per heavy atom. The lowest BCUT2D eigenvalue weighted by molar-refractivity contribution is -0.127. The number of fused-ring (bicyclic) bond motifs is 1. The maximum absolute atomic E-state index is 12.4. The lowest BCUT2D eigenvalue weighted by Gasteiger charge is -2.22. The van der Waals surface area contributed by atoms with Gasteiger partial charge in [-0.15, -0.1) is 0 Å². The number of nitrogens with zero attached hydrogens (tertiary/aromatic N) is 2. The Morgan fingerprint density at radius 3 is 2.59 bits per heavy atom. The average Bonchev–Trinajstić information content (AvgIpc) is 2.99. The molecule has 5 N–H and O–H groups in total. The van der Waals surface area contributed by atoms with Gasteiger partial charge in [0, 0.05) is 0 Å². The number of para-hydroxylation sites is 2. The van der Waals surface area contributed by atoms with Crippen LogP contribution in [0.2, 0.25) is 0 Å². The number of nitrogens with one attached hydrogen (secondary N) is 1. The Hall–Kier alpha value is -3.07. The minimum atomic E-state index is -1.27. The first-order valence-corrected chi connectivity index (χ1v) is 8.50. The van der Waals surface area contributed by atoms with E-state index in [-0.39, 0.29) is 24.4 Å². The Labute approximate surface area is 156 Å². The third kappa shape index (κ3) is 5.45. The second-order valence-electron chi connectivity index (χ2n) is 6.54. The van der Waals surface area contributed by atoms with E-state index in [0.717, 1.165) is 0 Å². The van der Waals surface area contributed by atoms with Gasteiger partial charge < -0.3 is 21.2 Å². The van der Waals surface area contributed by atoms with Gasteiger partial charge in [-0.3, -0.25) is 14.4 Å². The Kier molecular flexibility index (Phi) is 6.40. The summed E-state index contributed by atoms with van der Waals surface area (Å²) in [4.78, 5) is 44.2. The molecule has 1 aromatic carbocycles. The summed E-state index contributed by atoms with van der Waals surface area (Å²) < 4.78 is 5.49. The topological polar surface area (TPSA) is 154 Å². The van der Waals surface area contributed by atoms with Gasteiger partial charge in [-0.2, -0.15) is 0 Å². The third-order valence-electron chi connectivity index (χ3n) is 3.82. The van der Waals surface area contributed by atoms with Gasteiger partial charge in [-0.1, -0.05) is 12.1 Å². The van der Waals surface area contributed by atoms with Gasteiger partial charge in [0.1, 0.15) is 23.2 Å². The standard InChI is InChI=1S/C18H23N5O4/c1-18(2,17(20)26)23-16(25)12(7-5-9-19)21-14(24)10-15-22-11-6-3-4-8-13(11)27-15/h3-4,6,8H,5,7,9-10,19H2,1-2H3,(H2,20,26)(H,23,25). The minimum Gasteiger partial charge on any atom is -0.440 e. The van der Waals surface area contributed by atoms with E-state index in [2.05, 4.69) is 15.3 Å². The summed E-state index contributed by atoms with van der Waals surface area (Å²) in [6.45, 7) is 3.26. The quantitative estimate of drug-likeness (QED) is 0.571. The second kappa shape index (κ2) is 8.54. The molecule has 144 valence electrons. The Bertz CT molecular complexity index is 852. The lowest BCUT2D eigenvalue weighted by atomic mass is 10.0. The lowest BCUT2D eigenvalue weighted by Crippen LogP contribution is -2.54. The monoisotopic (exact) mass is 373 g/mol. The average molecular weight is 373 g/mol. The molecular formula is C18H23N5O4. The molecule has 0 aliphatic rings. The van der Waals surface area contributed by atoms with Crippen LogP contribution in [0.15, 0.2) is 33.7 Å². The fourth-order valence-corrected chi connectivity index (χ4v) is 2.22. The van der Waals surface area contributed by atoms with Crippen molar-refractivity contribution in [3.8, 4) is 0 Å². The number of rotatable bonds is 8. The molecule has 0 aliphatic heterocycles. The summed E-state index contributed by atoms with van der Waals surface area (Å²) in [5.41, 5.74) is 10.6. The third-order valence-corrected chi connectivity index (χ3v) is 3.82. The number of carbonyl (C=O) groups excluding carboxylic acids is 3. The van der Waals surface area contributed by atoms with Crippen LogP contribution in [0.25, 0.3) is 11.1 Å². The first kappa shape index (κ1) is 20.2. The number of aromatic nitrogens is 1. The van der Waals surface area contributed by atoms with Crippen molar-refractivity contribution in [1.29, 1.82) is 0 Å². The van der Waals surface area contributed by atoms with E-state index in [0.29, 0.717) is 24.1 Å². The van der Waals surface area contributed by atoms with Crippen molar-refractivity contribution in [2.24, 2.45) is 16.5 Å². The smallest absolute Gasteiger partial charge is 0.266 e. The molecule has 0 atom stereocenters. The van der Waals surface area contributed by atoms with Crippen LogP contribution in [-0.2, 0) is 20.8 Å². The van der Waals surface area contributed by atoms with Crippen LogP contribution in [0, 0.1) is 0 Å². The maximum atomic E-state index is 12.4. The van der Waals surface area contributed by atoms with Gasteiger partial charge in [0.25, 0.3) is 11.8 Å². The summed E-state index contributed by atoms with van der Waals surface area (Å²) in [7, 11) is 0. The predicted octanol–water partition coefficient (Wildman–Crippen LogP) is 0.457. The van der Waals surface area contributed by atoms with Crippen LogP contribution >= 0.6 is 0 Å².